The van der Waals surface area contributed by atoms with Crippen molar-refractivity contribution >= 4 is 11.8 Å². The zero-order valence-corrected chi connectivity index (χ0v) is 19.5. The van der Waals surface area contributed by atoms with E-state index in [9.17, 15) is 14.7 Å². The first-order chi connectivity index (χ1) is 17.6. The van der Waals surface area contributed by atoms with Crippen molar-refractivity contribution in [2.75, 3.05) is 26.5 Å². The summed E-state index contributed by atoms with van der Waals surface area (Å²) in [4.78, 5) is 29.5. The number of benzene rings is 3. The smallest absolute Gasteiger partial charge is 0.254 e. The van der Waals surface area contributed by atoms with Crippen molar-refractivity contribution in [3.05, 3.63) is 95.1 Å². The molecule has 6 rings (SSSR count). The zero-order valence-electron chi connectivity index (χ0n) is 19.5. The van der Waals surface area contributed by atoms with E-state index in [1.807, 2.05) is 54.6 Å². The summed E-state index contributed by atoms with van der Waals surface area (Å²) >= 11 is 0. The van der Waals surface area contributed by atoms with E-state index in [1.165, 1.54) is 0 Å². The van der Waals surface area contributed by atoms with Crippen LogP contribution in [0.15, 0.2) is 72.8 Å². The zero-order chi connectivity index (χ0) is 24.6. The highest BCUT2D eigenvalue weighted by Crippen LogP contribution is 2.43. The molecule has 0 aromatic heterocycles. The molecular formula is C29H24N2O5. The molecule has 2 amide bonds. The van der Waals surface area contributed by atoms with Crippen LogP contribution in [0.5, 0.6) is 11.5 Å². The molecule has 3 aliphatic rings. The first kappa shape index (κ1) is 22.2. The third kappa shape index (κ3) is 3.86. The van der Waals surface area contributed by atoms with Gasteiger partial charge in [-0.3, -0.25) is 9.59 Å². The van der Waals surface area contributed by atoms with Crippen LogP contribution in [-0.4, -0.2) is 65.3 Å². The molecular weight excluding hydrogens is 456 g/mol. The maximum Gasteiger partial charge on any atom is 0.254 e. The number of rotatable bonds is 3. The van der Waals surface area contributed by atoms with E-state index in [4.69, 9.17) is 9.47 Å². The third-order valence-corrected chi connectivity index (χ3v) is 7.08. The van der Waals surface area contributed by atoms with Crippen molar-refractivity contribution in [2.24, 2.45) is 0 Å². The van der Waals surface area contributed by atoms with Crippen molar-refractivity contribution in [1.29, 1.82) is 0 Å². The number of fused-ring (bicyclic) bond motifs is 2. The number of aliphatic hydroxyl groups excluding tert-OH is 1. The summed E-state index contributed by atoms with van der Waals surface area (Å²) in [5.74, 6) is 7.02. The van der Waals surface area contributed by atoms with Crippen LogP contribution in [0, 0.1) is 11.8 Å². The van der Waals surface area contributed by atoms with Gasteiger partial charge in [0.05, 0.1) is 18.7 Å². The average molecular weight is 481 g/mol. The molecule has 2 saturated heterocycles. The Balaban J connectivity index is 1.21. The Morgan fingerprint density at radius 3 is 2.42 bits per heavy atom. The standard InChI is InChI=1S/C29H24N2O5/c32-17-24-28(21-10-8-20(9-11-21)7-6-19-4-2-1-3-5-19)23-15-30(16-27(33)31(23)24)29(34)22-12-13-25-26(14-22)36-18-35-25/h1-5,8-14,23-24,28,32H,15-18H2/t23-,24-,28+/m1/s1. The molecule has 7 heteroatoms. The fraction of sp³-hybridized carbons (Fsp3) is 0.241. The van der Waals surface area contributed by atoms with E-state index in [2.05, 4.69) is 11.8 Å². The number of piperazine rings is 1. The molecule has 36 heavy (non-hydrogen) atoms. The molecule has 0 saturated carbocycles. The van der Waals surface area contributed by atoms with Gasteiger partial charge in [0.1, 0.15) is 6.54 Å². The van der Waals surface area contributed by atoms with E-state index in [0.717, 1.165) is 16.7 Å². The summed E-state index contributed by atoms with van der Waals surface area (Å²) in [5.41, 5.74) is 3.31. The van der Waals surface area contributed by atoms with Gasteiger partial charge in [0, 0.05) is 29.2 Å². The Kier molecular flexibility index (Phi) is 5.59. The Morgan fingerprint density at radius 2 is 1.67 bits per heavy atom. The SMILES string of the molecule is O=C(c1ccc2c(c1)OCO2)N1CC(=O)N2[C@H](CO)[C@@H](c3ccc(C#Cc4ccccc4)cc3)[C@H]2C1. The number of hydrogen-bond donors (Lipinski definition) is 1. The minimum atomic E-state index is -0.299. The van der Waals surface area contributed by atoms with Gasteiger partial charge < -0.3 is 24.4 Å². The first-order valence-electron chi connectivity index (χ1n) is 11.9. The van der Waals surface area contributed by atoms with E-state index < -0.39 is 0 Å². The second-order valence-corrected chi connectivity index (χ2v) is 9.14. The molecule has 0 aliphatic carbocycles. The lowest BCUT2D eigenvalue weighted by Gasteiger charge is -2.58. The van der Waals surface area contributed by atoms with Crippen LogP contribution in [-0.2, 0) is 4.79 Å². The molecule has 3 aromatic rings. The van der Waals surface area contributed by atoms with Crippen LogP contribution in [0.2, 0.25) is 0 Å². The van der Waals surface area contributed by atoms with Crippen molar-refractivity contribution in [1.82, 2.24) is 9.80 Å². The number of carbonyl (C=O) groups excluding carboxylic acids is 2. The van der Waals surface area contributed by atoms with Crippen molar-refractivity contribution < 1.29 is 24.2 Å². The normalized spacial score (nSPS) is 21.8. The number of hydrogen-bond acceptors (Lipinski definition) is 5. The van der Waals surface area contributed by atoms with Crippen LogP contribution in [0.4, 0.5) is 0 Å². The summed E-state index contributed by atoms with van der Waals surface area (Å²) in [6, 6.07) is 22.3. The van der Waals surface area contributed by atoms with Crippen LogP contribution >= 0.6 is 0 Å². The summed E-state index contributed by atoms with van der Waals surface area (Å²) in [6.07, 6.45) is 0. The second-order valence-electron chi connectivity index (χ2n) is 9.14. The maximum atomic E-state index is 13.2. The third-order valence-electron chi connectivity index (χ3n) is 7.08. The van der Waals surface area contributed by atoms with Gasteiger partial charge in [-0.15, -0.1) is 0 Å². The van der Waals surface area contributed by atoms with Gasteiger partial charge in [0.2, 0.25) is 12.7 Å². The first-order valence-corrected chi connectivity index (χ1v) is 11.9. The largest absolute Gasteiger partial charge is 0.454 e. The fourth-order valence-electron chi connectivity index (χ4n) is 5.32. The van der Waals surface area contributed by atoms with Gasteiger partial charge in [-0.05, 0) is 48.0 Å². The Hall–Kier alpha value is -4.28. The van der Waals surface area contributed by atoms with Crippen molar-refractivity contribution in [2.45, 2.75) is 18.0 Å². The van der Waals surface area contributed by atoms with Crippen molar-refractivity contribution in [3.8, 4) is 23.3 Å². The molecule has 3 heterocycles. The average Bonchev–Trinajstić information content (AvgIpc) is 3.37. The molecule has 0 spiro atoms. The lowest BCUT2D eigenvalue weighted by molar-refractivity contribution is -0.159. The Labute approximate surface area is 208 Å². The lowest BCUT2D eigenvalue weighted by Crippen LogP contribution is -2.73. The fourth-order valence-corrected chi connectivity index (χ4v) is 5.32. The van der Waals surface area contributed by atoms with E-state index >= 15 is 0 Å². The van der Waals surface area contributed by atoms with E-state index in [-0.39, 0.29) is 49.8 Å². The number of amides is 2. The highest BCUT2D eigenvalue weighted by molar-refractivity contribution is 5.98. The minimum Gasteiger partial charge on any atom is -0.454 e. The molecule has 7 nitrogen and oxygen atoms in total. The monoisotopic (exact) mass is 480 g/mol. The predicted octanol–water partition coefficient (Wildman–Crippen LogP) is 2.63. The van der Waals surface area contributed by atoms with Gasteiger partial charge in [-0.1, -0.05) is 42.2 Å². The molecule has 0 radical (unpaired) electrons. The molecule has 0 bridgehead atoms. The predicted molar refractivity (Wildman–Crippen MR) is 132 cm³/mol. The van der Waals surface area contributed by atoms with Gasteiger partial charge in [-0.2, -0.15) is 0 Å². The molecule has 3 aromatic carbocycles. The highest BCUT2D eigenvalue weighted by Gasteiger charge is 2.54. The van der Waals surface area contributed by atoms with Crippen LogP contribution in [0.3, 0.4) is 0 Å². The van der Waals surface area contributed by atoms with Gasteiger partial charge in [0.25, 0.3) is 5.91 Å². The Bertz CT molecular complexity index is 1380. The van der Waals surface area contributed by atoms with E-state index in [1.54, 1.807) is 28.0 Å². The second kappa shape index (κ2) is 9.06. The quantitative estimate of drug-likeness (QED) is 0.583. The molecule has 180 valence electrons. The molecule has 0 unspecified atom stereocenters. The molecule has 3 aliphatic heterocycles. The minimum absolute atomic E-state index is 0.0129. The molecule has 2 fully saturated rings. The van der Waals surface area contributed by atoms with Gasteiger partial charge >= 0.3 is 0 Å². The van der Waals surface area contributed by atoms with Crippen LogP contribution < -0.4 is 9.47 Å². The lowest BCUT2D eigenvalue weighted by atomic mass is 9.73. The molecule has 3 atom stereocenters. The summed E-state index contributed by atoms with van der Waals surface area (Å²) in [7, 11) is 0. The summed E-state index contributed by atoms with van der Waals surface area (Å²) in [5, 5.41) is 10.1. The number of ether oxygens (including phenoxy) is 2. The topological polar surface area (TPSA) is 79.3 Å². The highest BCUT2D eigenvalue weighted by atomic mass is 16.7. The van der Waals surface area contributed by atoms with Crippen LogP contribution in [0.25, 0.3) is 0 Å². The number of aliphatic hydroxyl groups is 1. The van der Waals surface area contributed by atoms with Crippen LogP contribution in [0.1, 0.15) is 33.0 Å². The van der Waals surface area contributed by atoms with E-state index in [0.29, 0.717) is 23.6 Å². The summed E-state index contributed by atoms with van der Waals surface area (Å²) < 4.78 is 10.7. The van der Waals surface area contributed by atoms with Gasteiger partial charge in [0.15, 0.2) is 11.5 Å². The maximum absolute atomic E-state index is 13.2. The number of carbonyl (C=O) groups is 2. The Morgan fingerprint density at radius 1 is 0.944 bits per heavy atom. The van der Waals surface area contributed by atoms with Crippen molar-refractivity contribution in [3.63, 3.8) is 0 Å². The van der Waals surface area contributed by atoms with Gasteiger partial charge in [-0.25, -0.2) is 0 Å². The number of nitrogens with zero attached hydrogens (tertiary/aromatic N) is 2. The summed E-state index contributed by atoms with van der Waals surface area (Å²) in [6.45, 7) is 0.391. The molecule has 1 N–H and O–H groups in total.